The van der Waals surface area contributed by atoms with E-state index in [1.165, 1.54) is 12.8 Å². The number of ether oxygens (including phenoxy) is 1. The van der Waals surface area contributed by atoms with E-state index in [1.807, 2.05) is 46.9 Å². The molecule has 2 atom stereocenters. The molecule has 176 valence electrons. The Kier molecular flexibility index (Phi) is 4.84. The maximum Gasteiger partial charge on any atom is 0.209 e. The maximum absolute atomic E-state index is 5.69. The molecule has 0 radical (unpaired) electrons. The van der Waals surface area contributed by atoms with Crippen LogP contribution in [0.5, 0.6) is 0 Å². The summed E-state index contributed by atoms with van der Waals surface area (Å²) in [5.41, 5.74) is 2.86. The van der Waals surface area contributed by atoms with E-state index in [-0.39, 0.29) is 0 Å². The third-order valence-electron chi connectivity index (χ3n) is 7.38. The highest BCUT2D eigenvalue weighted by atomic mass is 16.5. The molecule has 0 N–H and O–H groups in total. The van der Waals surface area contributed by atoms with Crippen molar-refractivity contribution in [2.24, 2.45) is 24.8 Å². The van der Waals surface area contributed by atoms with Crippen LogP contribution in [0.1, 0.15) is 24.5 Å². The molecule has 1 aliphatic carbocycles. The zero-order valence-corrected chi connectivity index (χ0v) is 19.8. The predicted molar refractivity (Wildman–Crippen MR) is 133 cm³/mol. The molecule has 0 amide bonds. The number of imidazole rings is 1. The molecule has 0 spiro atoms. The Balaban J connectivity index is 1.27. The SMILES string of the molecule is Cn1cc(-c2ccccc2)nc1C#Cc1nc(N2C[C@H]3COC[C@H]3C2)c2cnn(CC3CC3)c2n1. The molecule has 8 nitrogen and oxygen atoms in total. The number of rotatable bonds is 4. The van der Waals surface area contributed by atoms with Crippen LogP contribution < -0.4 is 4.90 Å². The van der Waals surface area contributed by atoms with Crippen LogP contribution >= 0.6 is 0 Å². The van der Waals surface area contributed by atoms with Gasteiger partial charge < -0.3 is 14.2 Å². The van der Waals surface area contributed by atoms with Crippen LogP contribution in [-0.2, 0) is 18.3 Å². The van der Waals surface area contributed by atoms with Gasteiger partial charge in [0.15, 0.2) is 11.5 Å². The molecule has 2 aliphatic heterocycles. The molecule has 2 saturated heterocycles. The van der Waals surface area contributed by atoms with Gasteiger partial charge in [0, 0.05) is 50.3 Å². The number of anilines is 1. The first-order valence-corrected chi connectivity index (χ1v) is 12.4. The van der Waals surface area contributed by atoms with E-state index in [0.717, 1.165) is 61.0 Å². The molecule has 5 heterocycles. The van der Waals surface area contributed by atoms with Gasteiger partial charge in [0.1, 0.15) is 5.82 Å². The zero-order chi connectivity index (χ0) is 23.4. The molecule has 7 rings (SSSR count). The van der Waals surface area contributed by atoms with Crippen molar-refractivity contribution in [2.45, 2.75) is 19.4 Å². The summed E-state index contributed by atoms with van der Waals surface area (Å²) in [5, 5.41) is 5.70. The van der Waals surface area contributed by atoms with Crippen molar-refractivity contribution in [3.63, 3.8) is 0 Å². The second-order valence-electron chi connectivity index (χ2n) is 10.0. The topological polar surface area (TPSA) is 73.9 Å². The summed E-state index contributed by atoms with van der Waals surface area (Å²) in [4.78, 5) is 16.9. The number of hydrogen-bond acceptors (Lipinski definition) is 6. The molecule has 35 heavy (non-hydrogen) atoms. The lowest BCUT2D eigenvalue weighted by Crippen LogP contribution is -2.24. The van der Waals surface area contributed by atoms with Crippen molar-refractivity contribution >= 4 is 16.9 Å². The van der Waals surface area contributed by atoms with E-state index in [2.05, 4.69) is 34.0 Å². The van der Waals surface area contributed by atoms with Gasteiger partial charge in [-0.2, -0.15) is 5.10 Å². The lowest BCUT2D eigenvalue weighted by atomic mass is 10.0. The van der Waals surface area contributed by atoms with Gasteiger partial charge >= 0.3 is 0 Å². The number of aryl methyl sites for hydroxylation is 1. The Morgan fingerprint density at radius 2 is 1.80 bits per heavy atom. The summed E-state index contributed by atoms with van der Waals surface area (Å²) in [5.74, 6) is 10.4. The molecular weight excluding hydrogens is 438 g/mol. The van der Waals surface area contributed by atoms with Crippen molar-refractivity contribution in [2.75, 3.05) is 31.2 Å². The lowest BCUT2D eigenvalue weighted by molar-refractivity contribution is 0.177. The largest absolute Gasteiger partial charge is 0.381 e. The van der Waals surface area contributed by atoms with E-state index in [1.54, 1.807) is 0 Å². The summed E-state index contributed by atoms with van der Waals surface area (Å²) in [6.07, 6.45) is 6.47. The third kappa shape index (κ3) is 3.86. The van der Waals surface area contributed by atoms with E-state index < -0.39 is 0 Å². The maximum atomic E-state index is 5.69. The van der Waals surface area contributed by atoms with Crippen molar-refractivity contribution in [1.82, 2.24) is 29.3 Å². The minimum atomic E-state index is 0.516. The van der Waals surface area contributed by atoms with Crippen LogP contribution in [0.4, 0.5) is 5.82 Å². The van der Waals surface area contributed by atoms with Gasteiger partial charge in [0.05, 0.1) is 30.5 Å². The lowest BCUT2D eigenvalue weighted by Gasteiger charge is -2.19. The van der Waals surface area contributed by atoms with Gasteiger partial charge in [-0.05, 0) is 30.6 Å². The van der Waals surface area contributed by atoms with Crippen molar-refractivity contribution in [3.05, 3.63) is 54.4 Å². The van der Waals surface area contributed by atoms with Crippen LogP contribution in [-0.4, -0.2) is 55.6 Å². The Bertz CT molecular complexity index is 1450. The van der Waals surface area contributed by atoms with Gasteiger partial charge in [-0.15, -0.1) is 0 Å². The minimum absolute atomic E-state index is 0.516. The summed E-state index contributed by atoms with van der Waals surface area (Å²) in [7, 11) is 1.97. The molecular formula is C27H27N7O. The number of hydrogen-bond donors (Lipinski definition) is 0. The van der Waals surface area contributed by atoms with Gasteiger partial charge in [-0.3, -0.25) is 0 Å². The highest BCUT2D eigenvalue weighted by Gasteiger charge is 2.38. The Labute approximate surface area is 204 Å². The van der Waals surface area contributed by atoms with Crippen LogP contribution in [0.15, 0.2) is 42.7 Å². The molecule has 8 heteroatoms. The Hall–Kier alpha value is -3.70. The summed E-state index contributed by atoms with van der Waals surface area (Å²) in [6, 6.07) is 10.2. The van der Waals surface area contributed by atoms with Crippen molar-refractivity contribution in [3.8, 4) is 23.1 Å². The number of benzene rings is 1. The van der Waals surface area contributed by atoms with Gasteiger partial charge in [0.25, 0.3) is 0 Å². The fourth-order valence-corrected chi connectivity index (χ4v) is 5.22. The van der Waals surface area contributed by atoms with Crippen LogP contribution in [0.3, 0.4) is 0 Å². The van der Waals surface area contributed by atoms with Crippen LogP contribution in [0.2, 0.25) is 0 Å². The summed E-state index contributed by atoms with van der Waals surface area (Å²) in [6.45, 7) is 4.50. The molecule has 1 saturated carbocycles. The van der Waals surface area contributed by atoms with Crippen molar-refractivity contribution < 1.29 is 4.74 Å². The van der Waals surface area contributed by atoms with Gasteiger partial charge in [-0.25, -0.2) is 19.6 Å². The fourth-order valence-electron chi connectivity index (χ4n) is 5.22. The van der Waals surface area contributed by atoms with E-state index in [9.17, 15) is 0 Å². The van der Waals surface area contributed by atoms with Gasteiger partial charge in [0.2, 0.25) is 5.82 Å². The third-order valence-corrected chi connectivity index (χ3v) is 7.38. The molecule has 3 aliphatic rings. The minimum Gasteiger partial charge on any atom is -0.381 e. The second-order valence-corrected chi connectivity index (χ2v) is 10.0. The average Bonchev–Trinajstić information content (AvgIpc) is 3.18. The predicted octanol–water partition coefficient (Wildman–Crippen LogP) is 3.12. The Morgan fingerprint density at radius 1 is 1.00 bits per heavy atom. The number of fused-ring (bicyclic) bond motifs is 2. The molecule has 3 aromatic heterocycles. The van der Waals surface area contributed by atoms with E-state index in [0.29, 0.717) is 29.4 Å². The van der Waals surface area contributed by atoms with Crippen LogP contribution in [0, 0.1) is 29.6 Å². The Morgan fingerprint density at radius 3 is 2.57 bits per heavy atom. The molecule has 4 aromatic rings. The van der Waals surface area contributed by atoms with Gasteiger partial charge in [-0.1, -0.05) is 30.3 Å². The number of aromatic nitrogens is 6. The second kappa shape index (κ2) is 8.21. The molecule has 1 aromatic carbocycles. The van der Waals surface area contributed by atoms with E-state index in [4.69, 9.17) is 19.7 Å². The monoisotopic (exact) mass is 465 g/mol. The zero-order valence-electron chi connectivity index (χ0n) is 19.8. The standard InChI is InChI=1S/C27H27N7O/c1-32-15-23(19-5-3-2-4-6-19)29-25(32)10-9-24-30-26(33-13-20-16-35-17-21(20)14-33)22-11-28-34(27(22)31-24)12-18-7-8-18/h2-6,11,15,18,20-21H,7-8,12-14,16-17H2,1H3/t20-,21+. The average molecular weight is 466 g/mol. The molecule has 3 fully saturated rings. The van der Waals surface area contributed by atoms with Crippen LogP contribution in [0.25, 0.3) is 22.3 Å². The van der Waals surface area contributed by atoms with Crippen molar-refractivity contribution in [1.29, 1.82) is 0 Å². The molecule has 0 bridgehead atoms. The first-order chi connectivity index (χ1) is 17.2. The number of nitrogens with zero attached hydrogens (tertiary/aromatic N) is 7. The van der Waals surface area contributed by atoms with E-state index >= 15 is 0 Å². The quantitative estimate of drug-likeness (QED) is 0.431. The normalized spacial score (nSPS) is 21.3. The first kappa shape index (κ1) is 20.7. The first-order valence-electron chi connectivity index (χ1n) is 12.4. The highest BCUT2D eigenvalue weighted by Crippen LogP contribution is 2.36. The fraction of sp³-hybridized carbons (Fsp3) is 0.407. The smallest absolute Gasteiger partial charge is 0.209 e. The summed E-state index contributed by atoms with van der Waals surface area (Å²) >= 11 is 0. The highest BCUT2D eigenvalue weighted by molar-refractivity contribution is 5.87. The molecule has 0 unspecified atom stereocenters. The summed E-state index contributed by atoms with van der Waals surface area (Å²) < 4.78 is 9.68.